The number of phenols is 1. The molecule has 144 valence electrons. The largest absolute Gasteiger partial charge is 0.507 e. The molecule has 0 aliphatic carbocycles. The van der Waals surface area contributed by atoms with Crippen LogP contribution >= 0.6 is 0 Å². The van der Waals surface area contributed by atoms with Crippen molar-refractivity contribution in [2.24, 2.45) is 0 Å². The van der Waals surface area contributed by atoms with Gasteiger partial charge in [0.15, 0.2) is 0 Å². The normalized spacial score (nSPS) is 11.1. The maximum atomic E-state index is 12.2. The predicted molar refractivity (Wildman–Crippen MR) is 96.9 cm³/mol. The van der Waals surface area contributed by atoms with Gasteiger partial charge in [-0.1, -0.05) is 6.07 Å². The van der Waals surface area contributed by atoms with Gasteiger partial charge in [-0.2, -0.15) is 0 Å². The van der Waals surface area contributed by atoms with Crippen molar-refractivity contribution < 1.29 is 27.9 Å². The number of methoxy groups -OCH3 is 1. The molecular weight excluding hydrogens is 374 g/mol. The van der Waals surface area contributed by atoms with E-state index in [1.807, 2.05) is 0 Å². The molecule has 2 amide bonds. The molecule has 0 atom stereocenters. The predicted octanol–water partition coefficient (Wildman–Crippen LogP) is 0.726. The summed E-state index contributed by atoms with van der Waals surface area (Å²) in [6.07, 6.45) is 0. The number of hydrazine groups is 1. The number of phenolic OH excluding ortho intramolecular Hbond substituents is 1. The van der Waals surface area contributed by atoms with E-state index in [-0.39, 0.29) is 21.8 Å². The number of benzene rings is 2. The average Bonchev–Trinajstić information content (AvgIpc) is 2.65. The van der Waals surface area contributed by atoms with Crippen LogP contribution in [0.3, 0.4) is 0 Å². The Morgan fingerprint density at radius 1 is 1.04 bits per heavy atom. The topological polar surface area (TPSA) is 125 Å². The lowest BCUT2D eigenvalue weighted by Gasteiger charge is -2.13. The molecule has 2 rings (SSSR count). The highest BCUT2D eigenvalue weighted by Gasteiger charge is 2.19. The first kappa shape index (κ1) is 20.2. The number of hydrogen-bond acceptors (Lipinski definition) is 6. The lowest BCUT2D eigenvalue weighted by molar-refractivity contribution is 0.0845. The van der Waals surface area contributed by atoms with Gasteiger partial charge < -0.3 is 9.84 Å². The molecule has 27 heavy (non-hydrogen) atoms. The van der Waals surface area contributed by atoms with Crippen molar-refractivity contribution in [3.8, 4) is 11.5 Å². The zero-order valence-electron chi connectivity index (χ0n) is 14.9. The van der Waals surface area contributed by atoms with E-state index in [1.54, 1.807) is 0 Å². The minimum Gasteiger partial charge on any atom is -0.507 e. The molecule has 2 aromatic carbocycles. The van der Waals surface area contributed by atoms with Crippen molar-refractivity contribution in [1.82, 2.24) is 15.2 Å². The summed E-state index contributed by atoms with van der Waals surface area (Å²) in [5.74, 6) is -1.42. The number of carbonyl (C=O) groups is 2. The standard InChI is InChI=1S/C17H19N3O6S/c1-20(2)27(24,25)13-6-4-5-11(9-13)16(22)18-19-17(23)14-8-7-12(26-3)10-15(14)21/h4-10,21H,1-3H3,(H,18,22)(H,19,23). The van der Waals surface area contributed by atoms with Gasteiger partial charge in [-0.05, 0) is 30.3 Å². The van der Waals surface area contributed by atoms with Crippen molar-refractivity contribution in [2.75, 3.05) is 21.2 Å². The molecule has 0 aliphatic rings. The minimum atomic E-state index is -3.70. The highest BCUT2D eigenvalue weighted by molar-refractivity contribution is 7.89. The summed E-state index contributed by atoms with van der Waals surface area (Å²) in [7, 11) is 0.475. The molecule has 0 unspecified atom stereocenters. The van der Waals surface area contributed by atoms with Crippen LogP contribution in [0.4, 0.5) is 0 Å². The number of nitrogens with zero attached hydrogens (tertiary/aromatic N) is 1. The zero-order chi connectivity index (χ0) is 20.2. The van der Waals surface area contributed by atoms with Gasteiger partial charge in [-0.25, -0.2) is 12.7 Å². The number of aromatic hydroxyl groups is 1. The van der Waals surface area contributed by atoms with E-state index in [4.69, 9.17) is 4.74 Å². The van der Waals surface area contributed by atoms with Crippen LogP contribution < -0.4 is 15.6 Å². The van der Waals surface area contributed by atoms with Crippen molar-refractivity contribution in [3.63, 3.8) is 0 Å². The van der Waals surface area contributed by atoms with Crippen molar-refractivity contribution in [2.45, 2.75) is 4.90 Å². The van der Waals surface area contributed by atoms with Gasteiger partial charge in [-0.3, -0.25) is 20.4 Å². The van der Waals surface area contributed by atoms with Gasteiger partial charge in [-0.15, -0.1) is 0 Å². The molecule has 0 aromatic heterocycles. The third kappa shape index (κ3) is 4.54. The van der Waals surface area contributed by atoms with E-state index >= 15 is 0 Å². The Labute approximate surface area is 156 Å². The van der Waals surface area contributed by atoms with Crippen LogP contribution in [-0.2, 0) is 10.0 Å². The molecule has 0 saturated heterocycles. The molecule has 0 saturated carbocycles. The van der Waals surface area contributed by atoms with Gasteiger partial charge in [0.05, 0.1) is 17.6 Å². The summed E-state index contributed by atoms with van der Waals surface area (Å²) in [6, 6.07) is 9.45. The summed E-state index contributed by atoms with van der Waals surface area (Å²) in [5, 5.41) is 9.83. The van der Waals surface area contributed by atoms with E-state index < -0.39 is 21.8 Å². The van der Waals surface area contributed by atoms with Gasteiger partial charge in [0, 0.05) is 25.7 Å². The number of sulfonamides is 1. The number of amides is 2. The molecule has 0 bridgehead atoms. The van der Waals surface area contributed by atoms with Gasteiger partial charge in [0.2, 0.25) is 10.0 Å². The van der Waals surface area contributed by atoms with Crippen LogP contribution in [0, 0.1) is 0 Å². The van der Waals surface area contributed by atoms with Gasteiger partial charge in [0.25, 0.3) is 11.8 Å². The maximum absolute atomic E-state index is 12.2. The second-order valence-corrected chi connectivity index (χ2v) is 7.76. The second-order valence-electron chi connectivity index (χ2n) is 5.61. The Bertz CT molecular complexity index is 972. The summed E-state index contributed by atoms with van der Waals surface area (Å²) in [6.45, 7) is 0. The Hall–Kier alpha value is -3.11. The average molecular weight is 393 g/mol. The number of nitrogens with one attached hydrogen (secondary N) is 2. The molecule has 10 heteroatoms. The Balaban J connectivity index is 2.11. The zero-order valence-corrected chi connectivity index (χ0v) is 15.7. The SMILES string of the molecule is COc1ccc(C(=O)NNC(=O)c2cccc(S(=O)(=O)N(C)C)c2)c(O)c1. The molecule has 0 radical (unpaired) electrons. The van der Waals surface area contributed by atoms with Gasteiger partial charge in [0.1, 0.15) is 11.5 Å². The first-order chi connectivity index (χ1) is 12.7. The van der Waals surface area contributed by atoms with E-state index in [0.717, 1.165) is 4.31 Å². The van der Waals surface area contributed by atoms with Crippen molar-refractivity contribution in [1.29, 1.82) is 0 Å². The second kappa shape index (κ2) is 8.06. The highest BCUT2D eigenvalue weighted by atomic mass is 32.2. The van der Waals surface area contributed by atoms with Crippen LogP contribution in [0.15, 0.2) is 47.4 Å². The first-order valence-corrected chi connectivity index (χ1v) is 9.11. The fraction of sp³-hybridized carbons (Fsp3) is 0.176. The fourth-order valence-corrected chi connectivity index (χ4v) is 3.04. The van der Waals surface area contributed by atoms with Crippen LogP contribution in [0.2, 0.25) is 0 Å². The summed E-state index contributed by atoms with van der Waals surface area (Å²) < 4.78 is 30.2. The molecule has 9 nitrogen and oxygen atoms in total. The number of carbonyl (C=O) groups excluding carboxylic acids is 2. The van der Waals surface area contributed by atoms with Gasteiger partial charge >= 0.3 is 0 Å². The molecule has 2 aromatic rings. The van der Waals surface area contributed by atoms with Crippen LogP contribution in [0.25, 0.3) is 0 Å². The third-order valence-electron chi connectivity index (χ3n) is 3.61. The summed E-state index contributed by atoms with van der Waals surface area (Å²) >= 11 is 0. The monoisotopic (exact) mass is 393 g/mol. The minimum absolute atomic E-state index is 0.0391. The maximum Gasteiger partial charge on any atom is 0.273 e. The lowest BCUT2D eigenvalue weighted by Crippen LogP contribution is -2.41. The van der Waals surface area contributed by atoms with Crippen molar-refractivity contribution in [3.05, 3.63) is 53.6 Å². The lowest BCUT2D eigenvalue weighted by atomic mass is 10.2. The van der Waals surface area contributed by atoms with Crippen LogP contribution in [0.5, 0.6) is 11.5 Å². The number of rotatable bonds is 5. The molecule has 0 fully saturated rings. The van der Waals surface area contributed by atoms with E-state index in [2.05, 4.69) is 10.9 Å². The van der Waals surface area contributed by atoms with Crippen LogP contribution in [-0.4, -0.2) is 50.8 Å². The highest BCUT2D eigenvalue weighted by Crippen LogP contribution is 2.23. The van der Waals surface area contributed by atoms with Crippen molar-refractivity contribution >= 4 is 21.8 Å². The Morgan fingerprint density at radius 2 is 1.70 bits per heavy atom. The van der Waals surface area contributed by atoms with E-state index in [9.17, 15) is 23.1 Å². The summed E-state index contributed by atoms with van der Waals surface area (Å²) in [4.78, 5) is 24.2. The third-order valence-corrected chi connectivity index (χ3v) is 5.42. The molecule has 0 heterocycles. The summed E-state index contributed by atoms with van der Waals surface area (Å²) in [5.41, 5.74) is 4.30. The number of hydrogen-bond donors (Lipinski definition) is 3. The van der Waals surface area contributed by atoms with E-state index in [1.165, 1.54) is 63.7 Å². The molecule has 0 aliphatic heterocycles. The molecule has 0 spiro atoms. The molecular formula is C17H19N3O6S. The molecule has 3 N–H and O–H groups in total. The van der Waals surface area contributed by atoms with E-state index in [0.29, 0.717) is 5.75 Å². The quantitative estimate of drug-likeness (QED) is 0.643. The fourth-order valence-electron chi connectivity index (χ4n) is 2.09. The smallest absolute Gasteiger partial charge is 0.273 e. The number of ether oxygens (including phenoxy) is 1. The Morgan fingerprint density at radius 3 is 2.30 bits per heavy atom. The Kier molecular flexibility index (Phi) is 6.03. The van der Waals surface area contributed by atoms with Crippen LogP contribution in [0.1, 0.15) is 20.7 Å². The first-order valence-electron chi connectivity index (χ1n) is 7.67.